The van der Waals surface area contributed by atoms with Crippen molar-refractivity contribution in [2.24, 2.45) is 4.99 Å². The lowest BCUT2D eigenvalue weighted by Gasteiger charge is -2.40. The summed E-state index contributed by atoms with van der Waals surface area (Å²) in [7, 11) is 1.67. The van der Waals surface area contributed by atoms with Crippen molar-refractivity contribution in [3.8, 4) is 0 Å². The number of imide groups is 1. The molecule has 8 heteroatoms. The molecule has 1 fully saturated rings. The molecule has 0 saturated carbocycles. The monoisotopic (exact) mass is 445 g/mol. The number of likely N-dealkylation sites (N-methyl/N-ethyl adjacent to an activating group) is 1. The van der Waals surface area contributed by atoms with Gasteiger partial charge < -0.3 is 10.0 Å². The molecule has 3 heterocycles. The van der Waals surface area contributed by atoms with Crippen molar-refractivity contribution in [2.75, 3.05) is 25.1 Å². The normalized spacial score (nSPS) is 21.9. The molecule has 0 radical (unpaired) electrons. The predicted octanol–water partition coefficient (Wildman–Crippen LogP) is 2.76. The van der Waals surface area contributed by atoms with Crippen LogP contribution in [0.4, 0.5) is 10.5 Å². The van der Waals surface area contributed by atoms with Crippen LogP contribution in [0.15, 0.2) is 59.7 Å². The Morgan fingerprint density at radius 1 is 1.03 bits per heavy atom. The first-order valence-electron chi connectivity index (χ1n) is 11.1. The maximum atomic E-state index is 13.4. The van der Waals surface area contributed by atoms with E-state index in [2.05, 4.69) is 36.9 Å². The van der Waals surface area contributed by atoms with Crippen molar-refractivity contribution in [3.05, 3.63) is 71.4 Å². The molecular formula is C25H27N5O3. The van der Waals surface area contributed by atoms with Crippen LogP contribution in [0.5, 0.6) is 0 Å². The van der Waals surface area contributed by atoms with Gasteiger partial charge in [-0.2, -0.15) is 0 Å². The largest absolute Gasteiger partial charge is 0.396 e. The fraction of sp³-hybridized carbons (Fsp3) is 0.320. The van der Waals surface area contributed by atoms with Crippen LogP contribution in [0, 0.1) is 13.8 Å². The molecule has 0 bridgehead atoms. The molecule has 0 spiro atoms. The molecule has 33 heavy (non-hydrogen) atoms. The third-order valence-corrected chi connectivity index (χ3v) is 6.57. The van der Waals surface area contributed by atoms with Gasteiger partial charge in [0.25, 0.3) is 5.91 Å². The van der Waals surface area contributed by atoms with E-state index < -0.39 is 12.2 Å². The molecule has 2 aromatic carbocycles. The number of aryl methyl sites for hydroxylation is 2. The van der Waals surface area contributed by atoms with E-state index in [9.17, 15) is 14.7 Å². The Balaban J connectivity index is 1.60. The van der Waals surface area contributed by atoms with Gasteiger partial charge in [-0.25, -0.2) is 9.79 Å². The van der Waals surface area contributed by atoms with Gasteiger partial charge in [0.15, 0.2) is 12.2 Å². The van der Waals surface area contributed by atoms with Gasteiger partial charge in [0, 0.05) is 37.7 Å². The van der Waals surface area contributed by atoms with E-state index in [1.165, 1.54) is 15.4 Å². The first-order chi connectivity index (χ1) is 15.9. The van der Waals surface area contributed by atoms with Crippen LogP contribution in [0.1, 0.15) is 23.1 Å². The Morgan fingerprint density at radius 2 is 1.79 bits per heavy atom. The zero-order valence-corrected chi connectivity index (χ0v) is 19.0. The third-order valence-electron chi connectivity index (χ3n) is 6.57. The van der Waals surface area contributed by atoms with Crippen molar-refractivity contribution in [2.45, 2.75) is 32.5 Å². The van der Waals surface area contributed by atoms with Gasteiger partial charge in [0.1, 0.15) is 0 Å². The highest BCUT2D eigenvalue weighted by molar-refractivity contribution is 6.16. The molecular weight excluding hydrogens is 418 g/mol. The number of urea groups is 1. The number of fused-ring (bicyclic) bond motifs is 3. The predicted molar refractivity (Wildman–Crippen MR) is 126 cm³/mol. The topological polar surface area (TPSA) is 79.7 Å². The number of benzene rings is 2. The molecule has 0 aliphatic carbocycles. The Kier molecular flexibility index (Phi) is 5.17. The second kappa shape index (κ2) is 8.04. The second-order valence-corrected chi connectivity index (χ2v) is 8.64. The number of carbonyl (C=O) groups excluding carboxylic acids is 2. The summed E-state index contributed by atoms with van der Waals surface area (Å²) < 4.78 is 0. The number of aliphatic hydroxyl groups is 1. The minimum absolute atomic E-state index is 0.0844. The lowest BCUT2D eigenvalue weighted by molar-refractivity contribution is -0.136. The number of anilines is 1. The smallest absolute Gasteiger partial charge is 0.328 e. The lowest BCUT2D eigenvalue weighted by Crippen LogP contribution is -2.64. The van der Waals surface area contributed by atoms with Crippen molar-refractivity contribution in [1.29, 1.82) is 0 Å². The van der Waals surface area contributed by atoms with Crippen LogP contribution >= 0.6 is 0 Å². The highest BCUT2D eigenvalue weighted by Gasteiger charge is 2.54. The molecule has 5 rings (SSSR count). The van der Waals surface area contributed by atoms with Crippen LogP contribution in [-0.4, -0.2) is 70.1 Å². The van der Waals surface area contributed by atoms with Crippen molar-refractivity contribution >= 4 is 29.3 Å². The summed E-state index contributed by atoms with van der Waals surface area (Å²) in [5, 5.41) is 9.22. The number of amides is 3. The molecule has 3 aliphatic heterocycles. The average Bonchev–Trinajstić information content (AvgIpc) is 3.36. The van der Waals surface area contributed by atoms with Crippen LogP contribution < -0.4 is 4.90 Å². The number of guanidine groups is 1. The minimum Gasteiger partial charge on any atom is -0.396 e. The molecule has 2 unspecified atom stereocenters. The molecule has 170 valence electrons. The van der Waals surface area contributed by atoms with E-state index in [4.69, 9.17) is 4.99 Å². The van der Waals surface area contributed by atoms with Gasteiger partial charge in [-0.15, -0.1) is 0 Å². The molecule has 2 aromatic rings. The summed E-state index contributed by atoms with van der Waals surface area (Å²) >= 11 is 0. The van der Waals surface area contributed by atoms with Crippen molar-refractivity contribution < 1.29 is 14.7 Å². The summed E-state index contributed by atoms with van der Waals surface area (Å²) in [5.41, 5.74) is 5.24. The minimum atomic E-state index is -0.642. The zero-order chi connectivity index (χ0) is 23.3. The Morgan fingerprint density at radius 3 is 2.48 bits per heavy atom. The van der Waals surface area contributed by atoms with E-state index in [0.717, 1.165) is 22.5 Å². The number of nitrogens with zero attached hydrogens (tertiary/aromatic N) is 5. The molecule has 1 N–H and O–H groups in total. The molecule has 3 amide bonds. The standard InChI is InChI=1S/C25H27N5O3/c1-16-10-11-19(14-17(16)2)30-20(18-8-5-4-6-9-18)15-29-21-22(26-24(29)30)27(3)25(33)28(23(21)32)12-7-13-31/h4-6,8-11,14-15,21-22,31H,7,12-13H2,1-3H3. The van der Waals surface area contributed by atoms with Crippen LogP contribution in [-0.2, 0) is 4.79 Å². The van der Waals surface area contributed by atoms with Gasteiger partial charge in [-0.05, 0) is 43.5 Å². The molecule has 1 saturated heterocycles. The average molecular weight is 446 g/mol. The molecule has 2 atom stereocenters. The zero-order valence-electron chi connectivity index (χ0n) is 19.0. The fourth-order valence-electron chi connectivity index (χ4n) is 4.60. The number of hydrogen-bond donors (Lipinski definition) is 1. The molecule has 3 aliphatic rings. The number of aliphatic imine (C=N–C) groups is 1. The van der Waals surface area contributed by atoms with Crippen LogP contribution in [0.3, 0.4) is 0 Å². The van der Waals surface area contributed by atoms with Gasteiger partial charge >= 0.3 is 6.03 Å². The maximum absolute atomic E-state index is 13.4. The van der Waals surface area contributed by atoms with Crippen LogP contribution in [0.2, 0.25) is 0 Å². The first kappa shape index (κ1) is 21.2. The van der Waals surface area contributed by atoms with Gasteiger partial charge in [-0.3, -0.25) is 19.5 Å². The van der Waals surface area contributed by atoms with E-state index in [0.29, 0.717) is 12.4 Å². The van der Waals surface area contributed by atoms with E-state index >= 15 is 0 Å². The quantitative estimate of drug-likeness (QED) is 0.766. The Hall–Kier alpha value is -3.65. The number of aliphatic hydroxyl groups excluding tert-OH is 1. The highest BCUT2D eigenvalue weighted by atomic mass is 16.3. The summed E-state index contributed by atoms with van der Waals surface area (Å²) in [5.74, 6) is 0.338. The number of carbonyl (C=O) groups is 2. The second-order valence-electron chi connectivity index (χ2n) is 8.64. The van der Waals surface area contributed by atoms with Gasteiger partial charge in [-0.1, -0.05) is 36.4 Å². The summed E-state index contributed by atoms with van der Waals surface area (Å²) in [4.78, 5) is 37.9. The molecule has 8 nitrogen and oxygen atoms in total. The molecule has 0 aromatic heterocycles. The number of hydrogen-bond acceptors (Lipinski definition) is 6. The first-order valence-corrected chi connectivity index (χ1v) is 11.1. The highest BCUT2D eigenvalue weighted by Crippen LogP contribution is 2.40. The Bertz CT molecular complexity index is 1180. The van der Waals surface area contributed by atoms with E-state index in [1.807, 2.05) is 41.4 Å². The lowest BCUT2D eigenvalue weighted by atomic mass is 10.1. The summed E-state index contributed by atoms with van der Waals surface area (Å²) in [6, 6.07) is 15.2. The summed E-state index contributed by atoms with van der Waals surface area (Å²) in [6.07, 6.45) is 1.70. The fourth-order valence-corrected chi connectivity index (χ4v) is 4.60. The Labute approximate surface area is 193 Å². The van der Waals surface area contributed by atoms with Gasteiger partial charge in [0.2, 0.25) is 5.96 Å². The van der Waals surface area contributed by atoms with Crippen molar-refractivity contribution in [1.82, 2.24) is 14.7 Å². The van der Waals surface area contributed by atoms with Crippen molar-refractivity contribution in [3.63, 3.8) is 0 Å². The third kappa shape index (κ3) is 3.29. The van der Waals surface area contributed by atoms with Gasteiger partial charge in [0.05, 0.1) is 5.70 Å². The number of rotatable bonds is 5. The summed E-state index contributed by atoms with van der Waals surface area (Å²) in [6.45, 7) is 4.25. The van der Waals surface area contributed by atoms with E-state index in [-0.39, 0.29) is 25.1 Å². The van der Waals surface area contributed by atoms with Crippen LogP contribution in [0.25, 0.3) is 5.70 Å². The SMILES string of the molecule is Cc1ccc(N2C(c3ccccc3)=CN3C2=NC2C3C(=O)N(CCCO)C(=O)N2C)cc1C. The van der Waals surface area contributed by atoms with E-state index in [1.54, 1.807) is 7.05 Å². The maximum Gasteiger partial charge on any atom is 0.328 e.